The lowest BCUT2D eigenvalue weighted by Gasteiger charge is -2.29. The number of fused-ring (bicyclic) bond motifs is 1. The molecule has 0 aliphatic carbocycles. The molecule has 1 atom stereocenters. The molecule has 4 heteroatoms. The second-order valence-corrected chi connectivity index (χ2v) is 6.47. The fourth-order valence-electron chi connectivity index (χ4n) is 3.08. The van der Waals surface area contributed by atoms with Crippen molar-refractivity contribution in [2.45, 2.75) is 26.3 Å². The molecule has 0 aromatic heterocycles. The summed E-state index contributed by atoms with van der Waals surface area (Å²) in [6, 6.07) is 12.9. The molecule has 1 N–H and O–H groups in total. The molecule has 0 amide bonds. The first-order valence-electron chi connectivity index (χ1n) is 8.14. The molecule has 0 saturated heterocycles. The van der Waals surface area contributed by atoms with Gasteiger partial charge in [0.1, 0.15) is 0 Å². The van der Waals surface area contributed by atoms with Crippen LogP contribution in [0, 0.1) is 0 Å². The highest BCUT2D eigenvalue weighted by atomic mass is 79.9. The molecule has 1 unspecified atom stereocenters. The molecule has 1 heterocycles. The van der Waals surface area contributed by atoms with Gasteiger partial charge in [0.25, 0.3) is 0 Å². The summed E-state index contributed by atoms with van der Waals surface area (Å²) >= 11 is 3.57. The summed E-state index contributed by atoms with van der Waals surface area (Å²) < 4.78 is 12.7. The predicted molar refractivity (Wildman–Crippen MR) is 96.5 cm³/mol. The minimum Gasteiger partial charge on any atom is -0.490 e. The number of halogens is 1. The Kier molecular flexibility index (Phi) is 5.23. The first-order valence-corrected chi connectivity index (χ1v) is 8.93. The van der Waals surface area contributed by atoms with Crippen molar-refractivity contribution in [3.8, 4) is 11.5 Å². The third kappa shape index (κ3) is 3.54. The average molecular weight is 376 g/mol. The van der Waals surface area contributed by atoms with Gasteiger partial charge < -0.3 is 14.8 Å². The Hall–Kier alpha value is -1.52. The van der Waals surface area contributed by atoms with Crippen LogP contribution in [-0.2, 0) is 6.42 Å². The number of hydrogen-bond donors (Lipinski definition) is 1. The summed E-state index contributed by atoms with van der Waals surface area (Å²) in [6.07, 6.45) is 1.01. The summed E-state index contributed by atoms with van der Waals surface area (Å²) in [5.41, 5.74) is 3.87. The predicted octanol–water partition coefficient (Wildman–Crippen LogP) is 4.48. The van der Waals surface area contributed by atoms with Crippen molar-refractivity contribution in [3.63, 3.8) is 0 Å². The van der Waals surface area contributed by atoms with E-state index in [1.165, 1.54) is 16.7 Å². The van der Waals surface area contributed by atoms with Crippen LogP contribution in [-0.4, -0.2) is 19.8 Å². The van der Waals surface area contributed by atoms with Crippen LogP contribution in [0.3, 0.4) is 0 Å². The van der Waals surface area contributed by atoms with Crippen molar-refractivity contribution in [1.29, 1.82) is 0 Å². The average Bonchev–Trinajstić information content (AvgIpc) is 2.55. The van der Waals surface area contributed by atoms with Gasteiger partial charge in [-0.1, -0.05) is 28.1 Å². The molecule has 1 aliphatic heterocycles. The van der Waals surface area contributed by atoms with E-state index in [-0.39, 0.29) is 6.04 Å². The maximum absolute atomic E-state index is 5.80. The quantitative estimate of drug-likeness (QED) is 0.835. The molecular formula is C19H22BrNO2. The highest BCUT2D eigenvalue weighted by Crippen LogP contribution is 2.38. The van der Waals surface area contributed by atoms with Crippen LogP contribution in [0.25, 0.3) is 0 Å². The monoisotopic (exact) mass is 375 g/mol. The molecule has 2 aromatic carbocycles. The Labute approximate surface area is 146 Å². The SMILES string of the molecule is CCOc1cc2c(cc1OCC)C(c1cccc(Br)c1)NCC2. The van der Waals surface area contributed by atoms with E-state index < -0.39 is 0 Å². The van der Waals surface area contributed by atoms with E-state index in [2.05, 4.69) is 57.6 Å². The second-order valence-electron chi connectivity index (χ2n) is 5.56. The highest BCUT2D eigenvalue weighted by molar-refractivity contribution is 9.10. The van der Waals surface area contributed by atoms with Crippen molar-refractivity contribution in [2.24, 2.45) is 0 Å². The minimum atomic E-state index is 0.186. The van der Waals surface area contributed by atoms with E-state index in [1.807, 2.05) is 13.8 Å². The molecule has 122 valence electrons. The Morgan fingerprint density at radius 1 is 1.09 bits per heavy atom. The van der Waals surface area contributed by atoms with Crippen LogP contribution in [0.2, 0.25) is 0 Å². The third-order valence-electron chi connectivity index (χ3n) is 4.04. The lowest BCUT2D eigenvalue weighted by atomic mass is 9.89. The van der Waals surface area contributed by atoms with Gasteiger partial charge in [-0.2, -0.15) is 0 Å². The molecule has 3 rings (SSSR count). The van der Waals surface area contributed by atoms with Crippen molar-refractivity contribution in [2.75, 3.05) is 19.8 Å². The van der Waals surface area contributed by atoms with Crippen molar-refractivity contribution in [1.82, 2.24) is 5.32 Å². The van der Waals surface area contributed by atoms with Crippen LogP contribution in [0.15, 0.2) is 40.9 Å². The van der Waals surface area contributed by atoms with E-state index >= 15 is 0 Å². The molecule has 0 bridgehead atoms. The number of rotatable bonds is 5. The Morgan fingerprint density at radius 2 is 1.83 bits per heavy atom. The van der Waals surface area contributed by atoms with Crippen LogP contribution in [0.5, 0.6) is 11.5 Å². The lowest BCUT2D eigenvalue weighted by Crippen LogP contribution is -2.30. The number of benzene rings is 2. The minimum absolute atomic E-state index is 0.186. The molecule has 3 nitrogen and oxygen atoms in total. The summed E-state index contributed by atoms with van der Waals surface area (Å²) in [4.78, 5) is 0. The fraction of sp³-hybridized carbons (Fsp3) is 0.368. The van der Waals surface area contributed by atoms with Gasteiger partial charge in [0, 0.05) is 11.0 Å². The van der Waals surface area contributed by atoms with Crippen molar-refractivity contribution >= 4 is 15.9 Å². The van der Waals surface area contributed by atoms with Gasteiger partial charge in [0.05, 0.1) is 19.3 Å². The van der Waals surface area contributed by atoms with Gasteiger partial charge in [0.15, 0.2) is 11.5 Å². The Morgan fingerprint density at radius 3 is 2.52 bits per heavy atom. The Balaban J connectivity index is 2.05. The zero-order chi connectivity index (χ0) is 16.2. The van der Waals surface area contributed by atoms with E-state index in [4.69, 9.17) is 9.47 Å². The van der Waals surface area contributed by atoms with Gasteiger partial charge in [0.2, 0.25) is 0 Å². The standard InChI is InChI=1S/C19H22BrNO2/c1-3-22-17-11-13-8-9-21-19(14-6-5-7-15(20)10-14)16(13)12-18(17)23-4-2/h5-7,10-12,19,21H,3-4,8-9H2,1-2H3. The van der Waals surface area contributed by atoms with Gasteiger partial charge in [-0.3, -0.25) is 0 Å². The van der Waals surface area contributed by atoms with E-state index in [1.54, 1.807) is 0 Å². The largest absolute Gasteiger partial charge is 0.490 e. The highest BCUT2D eigenvalue weighted by Gasteiger charge is 2.24. The molecule has 1 aliphatic rings. The molecule has 23 heavy (non-hydrogen) atoms. The first kappa shape index (κ1) is 16.3. The van der Waals surface area contributed by atoms with Crippen molar-refractivity contribution in [3.05, 3.63) is 57.6 Å². The van der Waals surface area contributed by atoms with Gasteiger partial charge in [-0.15, -0.1) is 0 Å². The summed E-state index contributed by atoms with van der Waals surface area (Å²) in [7, 11) is 0. The molecule has 0 radical (unpaired) electrons. The second kappa shape index (κ2) is 7.37. The maximum Gasteiger partial charge on any atom is 0.161 e. The Bertz CT molecular complexity index is 687. The van der Waals surface area contributed by atoms with E-state index in [9.17, 15) is 0 Å². The zero-order valence-corrected chi connectivity index (χ0v) is 15.2. The summed E-state index contributed by atoms with van der Waals surface area (Å²) in [5, 5.41) is 3.62. The fourth-order valence-corrected chi connectivity index (χ4v) is 3.50. The van der Waals surface area contributed by atoms with Crippen LogP contribution in [0.1, 0.15) is 36.6 Å². The van der Waals surface area contributed by atoms with Gasteiger partial charge in [-0.05, 0) is 61.2 Å². The summed E-state index contributed by atoms with van der Waals surface area (Å²) in [5.74, 6) is 1.68. The number of nitrogens with one attached hydrogen (secondary N) is 1. The van der Waals surface area contributed by atoms with E-state index in [0.29, 0.717) is 13.2 Å². The van der Waals surface area contributed by atoms with Crippen LogP contribution in [0.4, 0.5) is 0 Å². The zero-order valence-electron chi connectivity index (χ0n) is 13.6. The topological polar surface area (TPSA) is 30.5 Å². The van der Waals surface area contributed by atoms with Crippen molar-refractivity contribution < 1.29 is 9.47 Å². The molecule has 0 spiro atoms. The maximum atomic E-state index is 5.80. The lowest BCUT2D eigenvalue weighted by molar-refractivity contribution is 0.286. The first-order chi connectivity index (χ1) is 11.2. The van der Waals surface area contributed by atoms with Crippen LogP contribution >= 0.6 is 15.9 Å². The molecule has 0 fully saturated rings. The molecule has 2 aromatic rings. The molecular weight excluding hydrogens is 354 g/mol. The van der Waals surface area contributed by atoms with Crippen LogP contribution < -0.4 is 14.8 Å². The van der Waals surface area contributed by atoms with Gasteiger partial charge >= 0.3 is 0 Å². The number of ether oxygens (including phenoxy) is 2. The van der Waals surface area contributed by atoms with E-state index in [0.717, 1.165) is 28.9 Å². The third-order valence-corrected chi connectivity index (χ3v) is 4.53. The summed E-state index contributed by atoms with van der Waals surface area (Å²) in [6.45, 7) is 6.24. The normalized spacial score (nSPS) is 16.7. The smallest absolute Gasteiger partial charge is 0.161 e. The molecule has 0 saturated carbocycles. The number of hydrogen-bond acceptors (Lipinski definition) is 3. The van der Waals surface area contributed by atoms with Gasteiger partial charge in [-0.25, -0.2) is 0 Å².